The van der Waals surface area contributed by atoms with E-state index in [-0.39, 0.29) is 5.91 Å². The van der Waals surface area contributed by atoms with Gasteiger partial charge in [-0.3, -0.25) is 14.6 Å². The van der Waals surface area contributed by atoms with E-state index in [4.69, 9.17) is 11.6 Å². The van der Waals surface area contributed by atoms with Crippen LogP contribution in [0, 0.1) is 5.41 Å². The summed E-state index contributed by atoms with van der Waals surface area (Å²) in [5.74, 6) is 5.73. The summed E-state index contributed by atoms with van der Waals surface area (Å²) in [4.78, 5) is 25.7. The van der Waals surface area contributed by atoms with Gasteiger partial charge >= 0.3 is 0 Å². The van der Waals surface area contributed by atoms with Crippen LogP contribution in [0.5, 0.6) is 0 Å². The predicted molar refractivity (Wildman–Crippen MR) is 110 cm³/mol. The molecular weight excluding hydrogens is 354 g/mol. The van der Waals surface area contributed by atoms with Gasteiger partial charge in [0, 0.05) is 17.1 Å². The second-order valence-corrected chi connectivity index (χ2v) is 6.86. The van der Waals surface area contributed by atoms with Crippen molar-refractivity contribution in [3.63, 3.8) is 0 Å². The Labute approximate surface area is 166 Å². The lowest BCUT2D eigenvalue weighted by Gasteiger charge is -2.28. The van der Waals surface area contributed by atoms with Crippen molar-refractivity contribution in [3.05, 3.63) is 72.0 Å². The quantitative estimate of drug-likeness (QED) is 0.222. The summed E-state index contributed by atoms with van der Waals surface area (Å²) in [5, 5.41) is 6.95. The van der Waals surface area contributed by atoms with Gasteiger partial charge in [-0.05, 0) is 51.7 Å². The standard InChI is InChI=1S/C21H29N5O2/c1-4-6-10-16(5-2)24-19(27)21(13-14-21)20(28)25-18(15(3)22)26(23)17-11-8-7-9-12-17/h4-8,10-11H,1,9,12-14,22-23H2,2-3H3,(H,24,27)(H,25,28)/b10-6-,16-5+,18-15-. The molecule has 6 N–H and O–H groups in total. The summed E-state index contributed by atoms with van der Waals surface area (Å²) in [7, 11) is 0. The van der Waals surface area contributed by atoms with Crippen molar-refractivity contribution in [1.82, 2.24) is 15.6 Å². The SMILES string of the molecule is C=C/C=C\C(=C/C)NC(=O)C1(C(=O)N/C(=C(\C)N)N(N)C2=CC=CCC2)CC1. The molecule has 2 aliphatic carbocycles. The van der Waals surface area contributed by atoms with Crippen LogP contribution in [-0.2, 0) is 9.59 Å². The van der Waals surface area contributed by atoms with Gasteiger partial charge in [0.25, 0.3) is 0 Å². The Morgan fingerprint density at radius 2 is 1.96 bits per heavy atom. The van der Waals surface area contributed by atoms with E-state index in [2.05, 4.69) is 17.2 Å². The molecule has 0 aromatic heterocycles. The molecule has 0 heterocycles. The van der Waals surface area contributed by atoms with Crippen LogP contribution in [0.1, 0.15) is 39.5 Å². The largest absolute Gasteiger partial charge is 0.399 e. The van der Waals surface area contributed by atoms with Crippen LogP contribution in [0.15, 0.2) is 72.0 Å². The van der Waals surface area contributed by atoms with Gasteiger partial charge < -0.3 is 16.4 Å². The molecule has 0 bridgehead atoms. The number of rotatable bonds is 8. The van der Waals surface area contributed by atoms with Crippen LogP contribution >= 0.6 is 0 Å². The van der Waals surface area contributed by atoms with Crippen LogP contribution in [0.2, 0.25) is 0 Å². The van der Waals surface area contributed by atoms with E-state index in [1.807, 2.05) is 18.2 Å². The molecule has 1 saturated carbocycles. The van der Waals surface area contributed by atoms with E-state index in [9.17, 15) is 9.59 Å². The zero-order chi connectivity index (χ0) is 20.7. The lowest BCUT2D eigenvalue weighted by atomic mass is 10.0. The van der Waals surface area contributed by atoms with Crippen LogP contribution in [0.25, 0.3) is 0 Å². The monoisotopic (exact) mass is 383 g/mol. The predicted octanol–water partition coefficient (Wildman–Crippen LogP) is 2.20. The molecule has 7 heteroatoms. The van der Waals surface area contributed by atoms with Crippen LogP contribution in [0.3, 0.4) is 0 Å². The third-order valence-electron chi connectivity index (χ3n) is 4.75. The van der Waals surface area contributed by atoms with Crippen molar-refractivity contribution in [2.45, 2.75) is 39.5 Å². The number of allylic oxidation sites excluding steroid dienone is 9. The number of nitrogens with one attached hydrogen (secondary N) is 2. The highest BCUT2D eigenvalue weighted by Crippen LogP contribution is 2.46. The highest BCUT2D eigenvalue weighted by atomic mass is 16.2. The van der Waals surface area contributed by atoms with Crippen molar-refractivity contribution < 1.29 is 9.59 Å². The van der Waals surface area contributed by atoms with Gasteiger partial charge in [-0.25, -0.2) is 5.84 Å². The van der Waals surface area contributed by atoms with Crippen LogP contribution in [0.4, 0.5) is 0 Å². The molecule has 0 aromatic carbocycles. The van der Waals surface area contributed by atoms with Crippen LogP contribution < -0.4 is 22.2 Å². The number of nitrogens with zero attached hydrogens (tertiary/aromatic N) is 1. The molecule has 2 rings (SSSR count). The smallest absolute Gasteiger partial charge is 0.241 e. The van der Waals surface area contributed by atoms with Gasteiger partial charge in [0.05, 0.1) is 0 Å². The normalized spacial score (nSPS) is 18.8. The third kappa shape index (κ3) is 4.80. The van der Waals surface area contributed by atoms with Gasteiger partial charge in [0.15, 0.2) is 0 Å². The van der Waals surface area contributed by atoms with Crippen molar-refractivity contribution >= 4 is 11.8 Å². The highest BCUT2D eigenvalue weighted by Gasteiger charge is 2.57. The molecule has 0 saturated heterocycles. The van der Waals surface area contributed by atoms with Gasteiger partial charge in [-0.15, -0.1) is 0 Å². The molecular formula is C21H29N5O2. The maximum absolute atomic E-state index is 12.9. The van der Waals surface area contributed by atoms with Crippen molar-refractivity contribution in [3.8, 4) is 0 Å². The Balaban J connectivity index is 2.13. The molecule has 0 aliphatic heterocycles. The Morgan fingerprint density at radius 3 is 2.46 bits per heavy atom. The zero-order valence-electron chi connectivity index (χ0n) is 16.5. The minimum Gasteiger partial charge on any atom is -0.399 e. The highest BCUT2D eigenvalue weighted by molar-refractivity contribution is 6.08. The molecule has 7 nitrogen and oxygen atoms in total. The van der Waals surface area contributed by atoms with Gasteiger partial charge in [-0.2, -0.15) is 0 Å². The molecule has 28 heavy (non-hydrogen) atoms. The lowest BCUT2D eigenvalue weighted by molar-refractivity contribution is -0.136. The second kappa shape index (κ2) is 9.23. The summed E-state index contributed by atoms with van der Waals surface area (Å²) in [6.45, 7) is 7.07. The zero-order valence-corrected chi connectivity index (χ0v) is 16.5. The summed E-state index contributed by atoms with van der Waals surface area (Å²) in [6, 6.07) is 0. The summed E-state index contributed by atoms with van der Waals surface area (Å²) < 4.78 is 0. The van der Waals surface area contributed by atoms with Crippen molar-refractivity contribution in [2.24, 2.45) is 17.0 Å². The van der Waals surface area contributed by atoms with Crippen LogP contribution in [-0.4, -0.2) is 16.8 Å². The first-order valence-corrected chi connectivity index (χ1v) is 9.31. The van der Waals surface area contributed by atoms with Gasteiger partial charge in [-0.1, -0.05) is 37.0 Å². The molecule has 1 fully saturated rings. The molecule has 0 aromatic rings. The Kier molecular flexibility index (Phi) is 7.00. The van der Waals surface area contributed by atoms with Crippen molar-refractivity contribution in [2.75, 3.05) is 0 Å². The number of carbonyl (C=O) groups is 2. The van der Waals surface area contributed by atoms with E-state index in [0.29, 0.717) is 30.1 Å². The second-order valence-electron chi connectivity index (χ2n) is 6.86. The van der Waals surface area contributed by atoms with E-state index >= 15 is 0 Å². The number of hydrogen-bond acceptors (Lipinski definition) is 5. The number of hydrazine groups is 1. The average Bonchev–Trinajstić information content (AvgIpc) is 3.51. The molecule has 150 valence electrons. The number of hydrogen-bond donors (Lipinski definition) is 4. The average molecular weight is 383 g/mol. The minimum atomic E-state index is -1.11. The lowest BCUT2D eigenvalue weighted by Crippen LogP contribution is -2.47. The maximum atomic E-state index is 12.9. The van der Waals surface area contributed by atoms with E-state index in [0.717, 1.165) is 18.5 Å². The molecule has 2 amide bonds. The molecule has 2 aliphatic rings. The molecule has 0 spiro atoms. The first kappa shape index (κ1) is 21.2. The maximum Gasteiger partial charge on any atom is 0.241 e. The van der Waals surface area contributed by atoms with E-state index in [1.54, 1.807) is 38.2 Å². The summed E-state index contributed by atoms with van der Waals surface area (Å²) >= 11 is 0. The third-order valence-corrected chi connectivity index (χ3v) is 4.75. The minimum absolute atomic E-state index is 0.295. The Bertz CT molecular complexity index is 794. The fourth-order valence-electron chi connectivity index (χ4n) is 2.82. The van der Waals surface area contributed by atoms with Crippen molar-refractivity contribution in [1.29, 1.82) is 0 Å². The summed E-state index contributed by atoms with van der Waals surface area (Å²) in [6.07, 6.45) is 15.2. The Hall–Kier alpha value is -3.06. The fraction of sp³-hybridized carbons (Fsp3) is 0.333. The first-order valence-electron chi connectivity index (χ1n) is 9.31. The molecule has 0 unspecified atom stereocenters. The van der Waals surface area contributed by atoms with Gasteiger partial charge in [0.1, 0.15) is 11.2 Å². The van der Waals surface area contributed by atoms with Gasteiger partial charge in [0.2, 0.25) is 11.8 Å². The van der Waals surface area contributed by atoms with E-state index < -0.39 is 11.3 Å². The number of nitrogens with two attached hydrogens (primary N) is 2. The fourth-order valence-corrected chi connectivity index (χ4v) is 2.82. The number of amides is 2. The Morgan fingerprint density at radius 1 is 1.29 bits per heavy atom. The van der Waals surface area contributed by atoms with E-state index in [1.165, 1.54) is 5.01 Å². The molecule has 0 radical (unpaired) electrons. The number of carbonyl (C=O) groups excluding carboxylic acids is 2. The first-order chi connectivity index (χ1) is 13.4. The molecule has 0 atom stereocenters. The summed E-state index contributed by atoms with van der Waals surface area (Å²) in [5.41, 5.74) is 6.65. The topological polar surface area (TPSA) is 113 Å².